The number of benzene rings is 1. The van der Waals surface area contributed by atoms with Crippen LogP contribution in [0, 0.1) is 5.82 Å². The quantitative estimate of drug-likeness (QED) is 0.484. The van der Waals surface area contributed by atoms with Crippen LogP contribution in [0.4, 0.5) is 4.39 Å². The maximum Gasteiger partial charge on any atom is 0.223 e. The Bertz CT molecular complexity index is 889. The summed E-state index contributed by atoms with van der Waals surface area (Å²) in [5, 5.41) is 2.37. The van der Waals surface area contributed by atoms with Gasteiger partial charge in [-0.15, -0.1) is 0 Å². The zero-order valence-corrected chi connectivity index (χ0v) is 13.4. The normalized spacial score (nSPS) is 11.1. The van der Waals surface area contributed by atoms with Crippen LogP contribution >= 0.6 is 0 Å². The number of rotatable bonds is 5. The van der Waals surface area contributed by atoms with E-state index in [1.165, 1.54) is 12.1 Å². The van der Waals surface area contributed by atoms with E-state index in [1.54, 1.807) is 12.3 Å². The standard InChI is InChI=1S/C19H19FN2O/c1-4-5-10-23-19-17-15-11-13(20)6-7-14(15)18(12(2)3)22-16(17)8-9-21-19/h6-9,11H,2,4-5,10H2,1,3H3. The first-order valence-electron chi connectivity index (χ1n) is 7.78. The van der Waals surface area contributed by atoms with Gasteiger partial charge in [0.05, 0.1) is 23.2 Å². The van der Waals surface area contributed by atoms with E-state index in [2.05, 4.69) is 23.5 Å². The third kappa shape index (κ3) is 2.89. The molecule has 0 bridgehead atoms. The highest BCUT2D eigenvalue weighted by molar-refractivity contribution is 6.11. The lowest BCUT2D eigenvalue weighted by atomic mass is 10.0. The number of fused-ring (bicyclic) bond motifs is 3. The fraction of sp³-hybridized carbons (Fsp3) is 0.263. The topological polar surface area (TPSA) is 35.0 Å². The van der Waals surface area contributed by atoms with Gasteiger partial charge in [0.2, 0.25) is 5.88 Å². The Kier molecular flexibility index (Phi) is 4.24. The molecule has 4 heteroatoms. The van der Waals surface area contributed by atoms with Crippen LogP contribution in [0.3, 0.4) is 0 Å². The molecule has 3 nitrogen and oxygen atoms in total. The van der Waals surface area contributed by atoms with Crippen LogP contribution in [0.2, 0.25) is 0 Å². The van der Waals surface area contributed by atoms with Crippen LogP contribution in [0.1, 0.15) is 32.4 Å². The van der Waals surface area contributed by atoms with Gasteiger partial charge in [0.15, 0.2) is 0 Å². The van der Waals surface area contributed by atoms with Gasteiger partial charge in [0.1, 0.15) is 5.82 Å². The minimum atomic E-state index is -0.291. The van der Waals surface area contributed by atoms with Crippen LogP contribution in [0.15, 0.2) is 37.0 Å². The molecule has 0 aliphatic rings. The number of allylic oxidation sites excluding steroid dienone is 1. The van der Waals surface area contributed by atoms with Crippen molar-refractivity contribution in [2.24, 2.45) is 0 Å². The Morgan fingerprint density at radius 3 is 2.83 bits per heavy atom. The van der Waals surface area contributed by atoms with E-state index in [9.17, 15) is 4.39 Å². The van der Waals surface area contributed by atoms with Gasteiger partial charge < -0.3 is 4.74 Å². The summed E-state index contributed by atoms with van der Waals surface area (Å²) in [5.41, 5.74) is 2.36. The van der Waals surface area contributed by atoms with Crippen LogP contribution in [-0.4, -0.2) is 16.6 Å². The third-order valence-electron chi connectivity index (χ3n) is 3.77. The van der Waals surface area contributed by atoms with Crippen molar-refractivity contribution in [2.45, 2.75) is 26.7 Å². The molecule has 0 saturated heterocycles. The zero-order chi connectivity index (χ0) is 16.4. The SMILES string of the molecule is C=C(C)c1nc2ccnc(OCCCC)c2c2cc(F)ccc12. The van der Waals surface area contributed by atoms with Crippen molar-refractivity contribution in [1.82, 2.24) is 9.97 Å². The van der Waals surface area contributed by atoms with Crippen molar-refractivity contribution < 1.29 is 9.13 Å². The Balaban J connectivity index is 2.32. The highest BCUT2D eigenvalue weighted by Gasteiger charge is 2.14. The summed E-state index contributed by atoms with van der Waals surface area (Å²) in [5.74, 6) is 0.216. The van der Waals surface area contributed by atoms with E-state index in [0.29, 0.717) is 12.5 Å². The second-order valence-corrected chi connectivity index (χ2v) is 5.64. The number of unbranched alkanes of at least 4 members (excludes halogenated alkanes) is 1. The van der Waals surface area contributed by atoms with E-state index >= 15 is 0 Å². The number of hydrogen-bond donors (Lipinski definition) is 0. The molecule has 2 heterocycles. The van der Waals surface area contributed by atoms with Crippen LogP contribution in [0.25, 0.3) is 27.2 Å². The van der Waals surface area contributed by atoms with Crippen molar-refractivity contribution in [3.05, 3.63) is 48.6 Å². The average Bonchev–Trinajstić information content (AvgIpc) is 2.54. The number of ether oxygens (including phenoxy) is 1. The summed E-state index contributed by atoms with van der Waals surface area (Å²) in [6, 6.07) is 6.51. The zero-order valence-electron chi connectivity index (χ0n) is 13.4. The van der Waals surface area contributed by atoms with E-state index < -0.39 is 0 Å². The molecule has 23 heavy (non-hydrogen) atoms. The predicted molar refractivity (Wildman–Crippen MR) is 92.1 cm³/mol. The highest BCUT2D eigenvalue weighted by atomic mass is 19.1. The third-order valence-corrected chi connectivity index (χ3v) is 3.77. The largest absolute Gasteiger partial charge is 0.477 e. The van der Waals surface area contributed by atoms with Crippen LogP contribution in [0.5, 0.6) is 5.88 Å². The highest BCUT2D eigenvalue weighted by Crippen LogP contribution is 2.34. The second-order valence-electron chi connectivity index (χ2n) is 5.64. The summed E-state index contributed by atoms with van der Waals surface area (Å²) < 4.78 is 19.6. The molecule has 0 aliphatic heterocycles. The summed E-state index contributed by atoms with van der Waals surface area (Å²) >= 11 is 0. The fourth-order valence-electron chi connectivity index (χ4n) is 2.64. The van der Waals surface area contributed by atoms with Gasteiger partial charge in [0.25, 0.3) is 0 Å². The number of pyridine rings is 2. The Hall–Kier alpha value is -2.49. The molecule has 3 aromatic rings. The summed E-state index contributed by atoms with van der Waals surface area (Å²) in [4.78, 5) is 9.01. The number of aromatic nitrogens is 2. The Labute approximate surface area is 134 Å². The van der Waals surface area contributed by atoms with E-state index in [0.717, 1.165) is 45.8 Å². The number of nitrogens with zero attached hydrogens (tertiary/aromatic N) is 2. The van der Waals surface area contributed by atoms with Crippen molar-refractivity contribution >= 4 is 27.2 Å². The molecule has 0 aliphatic carbocycles. The monoisotopic (exact) mass is 310 g/mol. The first-order chi connectivity index (χ1) is 11.1. The molecular weight excluding hydrogens is 291 g/mol. The van der Waals surface area contributed by atoms with E-state index in [-0.39, 0.29) is 5.82 Å². The predicted octanol–water partition coefficient (Wildman–Crippen LogP) is 5.13. The van der Waals surface area contributed by atoms with Gasteiger partial charge in [-0.3, -0.25) is 0 Å². The van der Waals surface area contributed by atoms with Gasteiger partial charge in [-0.1, -0.05) is 19.9 Å². The van der Waals surface area contributed by atoms with Crippen LogP contribution in [-0.2, 0) is 0 Å². The average molecular weight is 310 g/mol. The lowest BCUT2D eigenvalue weighted by Crippen LogP contribution is -2.01. The van der Waals surface area contributed by atoms with E-state index in [1.807, 2.05) is 13.0 Å². The van der Waals surface area contributed by atoms with Crippen molar-refractivity contribution in [3.8, 4) is 5.88 Å². The van der Waals surface area contributed by atoms with Crippen molar-refractivity contribution in [2.75, 3.05) is 6.61 Å². The molecule has 2 aromatic heterocycles. The van der Waals surface area contributed by atoms with Gasteiger partial charge in [0, 0.05) is 17.0 Å². The molecule has 0 amide bonds. The first kappa shape index (κ1) is 15.4. The number of halogens is 1. The summed E-state index contributed by atoms with van der Waals surface area (Å²) in [7, 11) is 0. The molecule has 0 unspecified atom stereocenters. The minimum Gasteiger partial charge on any atom is -0.477 e. The van der Waals surface area contributed by atoms with Gasteiger partial charge in [-0.05, 0) is 43.2 Å². The molecule has 0 radical (unpaired) electrons. The van der Waals surface area contributed by atoms with E-state index in [4.69, 9.17) is 4.74 Å². The molecule has 0 spiro atoms. The molecule has 1 aromatic carbocycles. The first-order valence-corrected chi connectivity index (χ1v) is 7.78. The maximum atomic E-state index is 13.8. The summed E-state index contributed by atoms with van der Waals surface area (Å²) in [6.45, 7) is 8.57. The lowest BCUT2D eigenvalue weighted by Gasteiger charge is -2.13. The maximum absolute atomic E-state index is 13.8. The van der Waals surface area contributed by atoms with Gasteiger partial charge in [-0.25, -0.2) is 14.4 Å². The van der Waals surface area contributed by atoms with Crippen LogP contribution < -0.4 is 4.74 Å². The van der Waals surface area contributed by atoms with Crippen molar-refractivity contribution in [1.29, 1.82) is 0 Å². The fourth-order valence-corrected chi connectivity index (χ4v) is 2.64. The molecule has 0 atom stereocenters. The Morgan fingerprint density at radius 1 is 1.26 bits per heavy atom. The second kappa shape index (κ2) is 6.32. The summed E-state index contributed by atoms with van der Waals surface area (Å²) in [6.07, 6.45) is 3.66. The molecule has 118 valence electrons. The lowest BCUT2D eigenvalue weighted by molar-refractivity contribution is 0.302. The number of hydrogen-bond acceptors (Lipinski definition) is 3. The smallest absolute Gasteiger partial charge is 0.223 e. The van der Waals surface area contributed by atoms with Gasteiger partial charge in [-0.2, -0.15) is 0 Å². The van der Waals surface area contributed by atoms with Crippen molar-refractivity contribution in [3.63, 3.8) is 0 Å². The van der Waals surface area contributed by atoms with Gasteiger partial charge >= 0.3 is 0 Å². The Morgan fingerprint density at radius 2 is 2.09 bits per heavy atom. The molecule has 0 N–H and O–H groups in total. The molecule has 0 saturated carbocycles. The molecule has 3 rings (SSSR count). The minimum absolute atomic E-state index is 0.291. The molecular formula is C19H19FN2O. The molecule has 0 fully saturated rings.